The third kappa shape index (κ3) is 3.84. The smallest absolute Gasteiger partial charge is 0.310 e. The van der Waals surface area contributed by atoms with Crippen LogP contribution in [-0.4, -0.2) is 31.4 Å². The summed E-state index contributed by atoms with van der Waals surface area (Å²) in [4.78, 5) is 12.1. The van der Waals surface area contributed by atoms with E-state index in [0.717, 1.165) is 30.1 Å². The second-order valence-corrected chi connectivity index (χ2v) is 7.83. The number of fused-ring (bicyclic) bond motifs is 1. The number of imidazole rings is 1. The zero-order valence-corrected chi connectivity index (χ0v) is 16.7. The zero-order chi connectivity index (χ0) is 22.5. The maximum atomic E-state index is 13.7. The molecular formula is C18H15F7N4S. The summed E-state index contributed by atoms with van der Waals surface area (Å²) in [6, 6.07) is 1.87. The minimum atomic E-state index is -5.77. The van der Waals surface area contributed by atoms with Crippen molar-refractivity contribution in [3.63, 3.8) is 0 Å². The number of hydrogen-bond acceptors (Lipinski definition) is 4. The molecule has 0 aliphatic rings. The van der Waals surface area contributed by atoms with Gasteiger partial charge in [0.2, 0.25) is 0 Å². The van der Waals surface area contributed by atoms with E-state index in [1.54, 1.807) is 6.92 Å². The van der Waals surface area contributed by atoms with E-state index in [-0.39, 0.29) is 33.1 Å². The molecule has 3 rings (SSSR count). The van der Waals surface area contributed by atoms with Crippen LogP contribution in [0.4, 0.5) is 30.7 Å². The van der Waals surface area contributed by atoms with Crippen LogP contribution in [0.15, 0.2) is 29.4 Å². The van der Waals surface area contributed by atoms with Gasteiger partial charge in [0.25, 0.3) is 5.92 Å². The SMILES string of the molecule is CCSc1cc(C(F)(F)C(F)(F)F)cnc1-c1nc2cc(C(C)(F)F)cnc2n1C. The van der Waals surface area contributed by atoms with Crippen molar-refractivity contribution in [2.75, 3.05) is 5.75 Å². The lowest BCUT2D eigenvalue weighted by molar-refractivity contribution is -0.289. The number of halogens is 7. The molecule has 0 spiro atoms. The second kappa shape index (κ2) is 7.40. The summed E-state index contributed by atoms with van der Waals surface area (Å²) in [5.74, 6) is -7.75. The van der Waals surface area contributed by atoms with Crippen molar-refractivity contribution < 1.29 is 30.7 Å². The average Bonchev–Trinajstić information content (AvgIpc) is 2.96. The summed E-state index contributed by atoms with van der Waals surface area (Å²) in [5.41, 5.74) is -1.26. The van der Waals surface area contributed by atoms with E-state index < -0.39 is 23.6 Å². The summed E-state index contributed by atoms with van der Waals surface area (Å²) in [5, 5.41) is 0. The molecule has 0 atom stereocenters. The molecule has 3 aromatic rings. The van der Waals surface area contributed by atoms with Gasteiger partial charge in [0.05, 0.1) is 0 Å². The molecule has 162 valence electrons. The maximum Gasteiger partial charge on any atom is 0.458 e. The Hall–Kier alpha value is -2.37. The Bertz CT molecular complexity index is 1090. The van der Waals surface area contributed by atoms with Crippen molar-refractivity contribution in [2.24, 2.45) is 7.05 Å². The maximum absolute atomic E-state index is 13.7. The van der Waals surface area contributed by atoms with Gasteiger partial charge in [0.15, 0.2) is 11.5 Å². The highest BCUT2D eigenvalue weighted by molar-refractivity contribution is 7.99. The Morgan fingerprint density at radius 1 is 0.967 bits per heavy atom. The molecule has 0 radical (unpaired) electrons. The second-order valence-electron chi connectivity index (χ2n) is 6.53. The van der Waals surface area contributed by atoms with Crippen molar-refractivity contribution in [2.45, 2.75) is 36.8 Å². The number of nitrogens with zero attached hydrogens (tertiary/aromatic N) is 4. The molecule has 0 bridgehead atoms. The normalized spacial score (nSPS) is 13.3. The summed E-state index contributed by atoms with van der Waals surface area (Å²) >= 11 is 1.01. The first-order valence-corrected chi connectivity index (χ1v) is 9.55. The number of hydrogen-bond donors (Lipinski definition) is 0. The average molecular weight is 452 g/mol. The van der Waals surface area contributed by atoms with Gasteiger partial charge in [-0.25, -0.2) is 18.7 Å². The van der Waals surface area contributed by atoms with Gasteiger partial charge in [-0.15, -0.1) is 11.8 Å². The molecular weight excluding hydrogens is 437 g/mol. The molecule has 0 aromatic carbocycles. The van der Waals surface area contributed by atoms with E-state index in [4.69, 9.17) is 0 Å². The van der Waals surface area contributed by atoms with Crippen LogP contribution in [0.3, 0.4) is 0 Å². The predicted octanol–water partition coefficient (Wildman–Crippen LogP) is 5.91. The van der Waals surface area contributed by atoms with Crippen LogP contribution in [-0.2, 0) is 18.9 Å². The van der Waals surface area contributed by atoms with E-state index in [2.05, 4.69) is 15.0 Å². The van der Waals surface area contributed by atoms with Crippen molar-refractivity contribution in [3.05, 3.63) is 35.7 Å². The van der Waals surface area contributed by atoms with Gasteiger partial charge in [-0.1, -0.05) is 6.92 Å². The Morgan fingerprint density at radius 3 is 2.17 bits per heavy atom. The number of aromatic nitrogens is 4. The van der Waals surface area contributed by atoms with Crippen molar-refractivity contribution in [1.29, 1.82) is 0 Å². The molecule has 0 aliphatic carbocycles. The molecule has 12 heteroatoms. The molecule has 3 heterocycles. The summed E-state index contributed by atoms with van der Waals surface area (Å²) in [6.07, 6.45) is -4.33. The minimum absolute atomic E-state index is 0.0499. The lowest BCUT2D eigenvalue weighted by Crippen LogP contribution is -2.33. The Labute approximate surface area is 170 Å². The van der Waals surface area contributed by atoms with Crippen LogP contribution in [0.1, 0.15) is 25.0 Å². The molecule has 0 unspecified atom stereocenters. The van der Waals surface area contributed by atoms with E-state index in [9.17, 15) is 30.7 Å². The largest absolute Gasteiger partial charge is 0.458 e. The van der Waals surface area contributed by atoms with E-state index >= 15 is 0 Å². The van der Waals surface area contributed by atoms with E-state index in [0.29, 0.717) is 18.9 Å². The molecule has 4 nitrogen and oxygen atoms in total. The van der Waals surface area contributed by atoms with Gasteiger partial charge in [-0.3, -0.25) is 4.98 Å². The first kappa shape index (κ1) is 22.3. The van der Waals surface area contributed by atoms with Crippen molar-refractivity contribution in [3.8, 4) is 11.5 Å². The zero-order valence-electron chi connectivity index (χ0n) is 15.9. The van der Waals surface area contributed by atoms with Crippen LogP contribution in [0.2, 0.25) is 0 Å². The van der Waals surface area contributed by atoms with Crippen LogP contribution >= 0.6 is 11.8 Å². The first-order chi connectivity index (χ1) is 13.8. The molecule has 0 fully saturated rings. The molecule has 0 saturated heterocycles. The highest BCUT2D eigenvalue weighted by Crippen LogP contribution is 2.45. The van der Waals surface area contributed by atoms with Gasteiger partial charge in [-0.2, -0.15) is 22.0 Å². The summed E-state index contributed by atoms with van der Waals surface area (Å²) < 4.78 is 94.2. The standard InChI is InChI=1S/C18H15F7N4S/c1-4-30-12-6-10(17(21,22)18(23,24)25)8-26-13(12)15-28-11-5-9(16(2,19)20)7-27-14(11)29(15)3/h5-8H,4H2,1-3H3. The fourth-order valence-corrected chi connectivity index (χ4v) is 3.54. The number of thioether (sulfide) groups is 1. The Morgan fingerprint density at radius 2 is 1.60 bits per heavy atom. The lowest BCUT2D eigenvalue weighted by Gasteiger charge is -2.20. The fraction of sp³-hybridized carbons (Fsp3) is 0.389. The minimum Gasteiger partial charge on any atom is -0.310 e. The monoisotopic (exact) mass is 452 g/mol. The van der Waals surface area contributed by atoms with E-state index in [1.165, 1.54) is 11.6 Å². The molecule has 30 heavy (non-hydrogen) atoms. The summed E-state index contributed by atoms with van der Waals surface area (Å²) in [6.45, 7) is 2.39. The molecule has 3 aromatic heterocycles. The third-order valence-corrected chi connectivity index (χ3v) is 5.21. The quantitative estimate of drug-likeness (QED) is 0.357. The topological polar surface area (TPSA) is 43.6 Å². The van der Waals surface area contributed by atoms with Gasteiger partial charge in [0, 0.05) is 42.4 Å². The molecule has 0 amide bonds. The lowest BCUT2D eigenvalue weighted by atomic mass is 10.1. The molecule has 0 N–H and O–H groups in total. The Balaban J connectivity index is 2.17. The fourth-order valence-electron chi connectivity index (χ4n) is 2.74. The third-order valence-electron chi connectivity index (χ3n) is 4.30. The van der Waals surface area contributed by atoms with Gasteiger partial charge in [-0.05, 0) is 17.9 Å². The number of pyridine rings is 2. The number of aryl methyl sites for hydroxylation is 1. The van der Waals surface area contributed by atoms with Gasteiger partial charge in [0.1, 0.15) is 11.2 Å². The van der Waals surface area contributed by atoms with Crippen LogP contribution in [0.5, 0.6) is 0 Å². The van der Waals surface area contributed by atoms with Gasteiger partial charge < -0.3 is 4.57 Å². The Kier molecular flexibility index (Phi) is 5.50. The first-order valence-electron chi connectivity index (χ1n) is 8.56. The van der Waals surface area contributed by atoms with E-state index in [1.807, 2.05) is 0 Å². The summed E-state index contributed by atoms with van der Waals surface area (Å²) in [7, 11) is 1.52. The number of alkyl halides is 7. The highest BCUT2D eigenvalue weighted by atomic mass is 32.2. The van der Waals surface area contributed by atoms with Crippen molar-refractivity contribution >= 4 is 22.9 Å². The number of rotatable bonds is 5. The highest BCUT2D eigenvalue weighted by Gasteiger charge is 2.59. The van der Waals surface area contributed by atoms with Crippen molar-refractivity contribution in [1.82, 2.24) is 19.5 Å². The molecule has 0 aliphatic heterocycles. The molecule has 0 saturated carbocycles. The van der Waals surface area contributed by atoms with Crippen LogP contribution < -0.4 is 0 Å². The predicted molar refractivity (Wildman–Crippen MR) is 97.7 cm³/mol. The van der Waals surface area contributed by atoms with Crippen LogP contribution in [0.25, 0.3) is 22.7 Å². The van der Waals surface area contributed by atoms with Crippen LogP contribution in [0, 0.1) is 0 Å². The van der Waals surface area contributed by atoms with Gasteiger partial charge >= 0.3 is 12.1 Å².